The van der Waals surface area contributed by atoms with Crippen LogP contribution in [0.5, 0.6) is 0 Å². The molecule has 0 aliphatic carbocycles. The number of aromatic amines is 1. The first-order valence-corrected chi connectivity index (χ1v) is 11.1. The lowest BCUT2D eigenvalue weighted by atomic mass is 9.90. The summed E-state index contributed by atoms with van der Waals surface area (Å²) in [7, 11) is 0. The van der Waals surface area contributed by atoms with Gasteiger partial charge < -0.3 is 14.5 Å². The van der Waals surface area contributed by atoms with Crippen molar-refractivity contribution >= 4 is 16.9 Å². The van der Waals surface area contributed by atoms with Gasteiger partial charge in [-0.1, -0.05) is 29.8 Å². The van der Waals surface area contributed by atoms with Gasteiger partial charge in [-0.05, 0) is 69.2 Å². The van der Waals surface area contributed by atoms with Crippen LogP contribution in [0, 0.1) is 12.8 Å². The highest BCUT2D eigenvalue weighted by Gasteiger charge is 2.24. The summed E-state index contributed by atoms with van der Waals surface area (Å²) in [6.45, 7) is 5.83. The van der Waals surface area contributed by atoms with E-state index >= 15 is 0 Å². The Morgan fingerprint density at radius 1 is 1.06 bits per heavy atom. The van der Waals surface area contributed by atoms with Gasteiger partial charge >= 0.3 is 11.1 Å². The molecule has 0 bridgehead atoms. The fraction of sp³-hybridized carbons (Fsp3) is 0.400. The molecule has 0 radical (unpaired) electrons. The molecule has 1 amide bonds. The van der Waals surface area contributed by atoms with E-state index in [2.05, 4.69) is 36.2 Å². The van der Waals surface area contributed by atoms with Crippen LogP contribution >= 0.6 is 0 Å². The van der Waals surface area contributed by atoms with Crippen LogP contribution in [-0.2, 0) is 13.0 Å². The van der Waals surface area contributed by atoms with E-state index in [1.165, 1.54) is 15.7 Å². The number of amides is 1. The van der Waals surface area contributed by atoms with E-state index in [-0.39, 0.29) is 5.91 Å². The molecule has 0 spiro atoms. The zero-order valence-corrected chi connectivity index (χ0v) is 18.2. The molecule has 2 aromatic carbocycles. The summed E-state index contributed by atoms with van der Waals surface area (Å²) in [4.78, 5) is 41.5. The minimum Gasteiger partial charge on any atom is -0.339 e. The number of hydrogen-bond donors (Lipinski definition) is 1. The molecule has 0 saturated carbocycles. The smallest absolute Gasteiger partial charge is 0.316 e. The Bertz CT molecular complexity index is 1200. The monoisotopic (exact) mass is 419 g/mol. The van der Waals surface area contributed by atoms with Gasteiger partial charge in [0.05, 0.1) is 11.0 Å². The average Bonchev–Trinajstić information content (AvgIpc) is 2.79. The summed E-state index contributed by atoms with van der Waals surface area (Å²) in [5.74, 6) is 0.617. The molecule has 1 N–H and O–H groups in total. The summed E-state index contributed by atoms with van der Waals surface area (Å²) < 4.78 is 1.43. The zero-order chi connectivity index (χ0) is 22.0. The molecular weight excluding hydrogens is 390 g/mol. The van der Waals surface area contributed by atoms with Crippen molar-refractivity contribution in [1.29, 1.82) is 0 Å². The van der Waals surface area contributed by atoms with Crippen molar-refractivity contribution in [2.45, 2.75) is 46.1 Å². The van der Waals surface area contributed by atoms with Gasteiger partial charge in [-0.3, -0.25) is 14.4 Å². The lowest BCUT2D eigenvalue weighted by Gasteiger charge is -2.32. The maximum Gasteiger partial charge on any atom is 0.316 e. The summed E-state index contributed by atoms with van der Waals surface area (Å²) in [6, 6.07) is 13.9. The normalized spacial score (nSPS) is 14.8. The summed E-state index contributed by atoms with van der Waals surface area (Å²) in [5, 5.41) is 0. The third kappa shape index (κ3) is 4.48. The number of carbonyl (C=O) groups excluding carboxylic acids is 1. The zero-order valence-electron chi connectivity index (χ0n) is 18.2. The van der Waals surface area contributed by atoms with Crippen LogP contribution in [0.4, 0.5) is 0 Å². The van der Waals surface area contributed by atoms with Crippen molar-refractivity contribution in [2.24, 2.45) is 5.92 Å². The highest BCUT2D eigenvalue weighted by atomic mass is 16.2. The molecule has 6 nitrogen and oxygen atoms in total. The molecule has 1 aliphatic heterocycles. The average molecular weight is 420 g/mol. The molecule has 31 heavy (non-hydrogen) atoms. The Kier molecular flexibility index (Phi) is 6.07. The van der Waals surface area contributed by atoms with Gasteiger partial charge in [0.1, 0.15) is 0 Å². The second-order valence-electron chi connectivity index (χ2n) is 8.50. The van der Waals surface area contributed by atoms with E-state index in [0.29, 0.717) is 29.1 Å². The van der Waals surface area contributed by atoms with Crippen molar-refractivity contribution in [3.8, 4) is 0 Å². The van der Waals surface area contributed by atoms with E-state index in [1.807, 2.05) is 11.8 Å². The quantitative estimate of drug-likeness (QED) is 0.643. The molecule has 162 valence electrons. The first kappa shape index (κ1) is 21.1. The molecular formula is C25H29N3O3. The van der Waals surface area contributed by atoms with Crippen molar-refractivity contribution in [2.75, 3.05) is 13.1 Å². The van der Waals surface area contributed by atoms with Gasteiger partial charge in [0.15, 0.2) is 0 Å². The number of likely N-dealkylation sites (tertiary alicyclic amines) is 1. The summed E-state index contributed by atoms with van der Waals surface area (Å²) in [6.07, 6.45) is 4.25. The van der Waals surface area contributed by atoms with Crippen LogP contribution in [0.15, 0.2) is 52.1 Å². The number of hydrogen-bond acceptors (Lipinski definition) is 3. The molecule has 6 heteroatoms. The summed E-state index contributed by atoms with van der Waals surface area (Å²) in [5.41, 5.74) is 3.13. The Hall–Kier alpha value is -3.15. The number of carbonyl (C=O) groups is 1. The topological polar surface area (TPSA) is 75.2 Å². The fourth-order valence-corrected chi connectivity index (χ4v) is 4.46. The molecule has 0 unspecified atom stereocenters. The number of piperidine rings is 1. The van der Waals surface area contributed by atoms with Crippen LogP contribution in [0.25, 0.3) is 11.0 Å². The van der Waals surface area contributed by atoms with Crippen LogP contribution in [0.1, 0.15) is 47.7 Å². The van der Waals surface area contributed by atoms with E-state index in [0.717, 1.165) is 38.8 Å². The molecule has 1 aliphatic rings. The Balaban J connectivity index is 1.40. The second kappa shape index (κ2) is 8.92. The maximum absolute atomic E-state index is 13.0. The number of aromatic nitrogens is 2. The first-order valence-electron chi connectivity index (χ1n) is 11.1. The number of nitrogens with one attached hydrogen (secondary N) is 1. The highest BCUT2D eigenvalue weighted by molar-refractivity contribution is 5.97. The van der Waals surface area contributed by atoms with Gasteiger partial charge in [0.25, 0.3) is 5.91 Å². The molecule has 0 atom stereocenters. The van der Waals surface area contributed by atoms with Crippen LogP contribution < -0.4 is 11.1 Å². The number of H-pyrrole nitrogens is 1. The summed E-state index contributed by atoms with van der Waals surface area (Å²) >= 11 is 0. The molecule has 1 fully saturated rings. The van der Waals surface area contributed by atoms with E-state index in [4.69, 9.17) is 0 Å². The van der Waals surface area contributed by atoms with Crippen molar-refractivity contribution < 1.29 is 4.79 Å². The third-order valence-corrected chi connectivity index (χ3v) is 6.40. The predicted octanol–water partition coefficient (Wildman–Crippen LogP) is 3.50. The number of benzene rings is 2. The molecule has 1 saturated heterocycles. The van der Waals surface area contributed by atoms with Gasteiger partial charge in [0.2, 0.25) is 0 Å². The van der Waals surface area contributed by atoms with Crippen LogP contribution in [0.3, 0.4) is 0 Å². The Morgan fingerprint density at radius 3 is 2.45 bits per heavy atom. The largest absolute Gasteiger partial charge is 0.339 e. The molecule has 4 rings (SSSR count). The Morgan fingerprint density at radius 2 is 1.77 bits per heavy atom. The maximum atomic E-state index is 13.0. The molecule has 1 aromatic heterocycles. The number of fused-ring (bicyclic) bond motifs is 1. The van der Waals surface area contributed by atoms with E-state index in [1.54, 1.807) is 18.2 Å². The lowest BCUT2D eigenvalue weighted by molar-refractivity contribution is 0.0687. The minimum atomic E-state index is -0.659. The second-order valence-corrected chi connectivity index (χ2v) is 8.50. The number of nitrogens with zero attached hydrogens (tertiary/aromatic N) is 2. The lowest BCUT2D eigenvalue weighted by Crippen LogP contribution is -2.39. The minimum absolute atomic E-state index is 0.0195. The van der Waals surface area contributed by atoms with Gasteiger partial charge in [-0.15, -0.1) is 0 Å². The van der Waals surface area contributed by atoms with Gasteiger partial charge in [-0.25, -0.2) is 0 Å². The van der Waals surface area contributed by atoms with Gasteiger partial charge in [0, 0.05) is 25.2 Å². The fourth-order valence-electron chi connectivity index (χ4n) is 4.46. The number of aryl methyl sites for hydroxylation is 3. The first-order chi connectivity index (χ1) is 15.0. The van der Waals surface area contributed by atoms with Crippen LogP contribution in [-0.4, -0.2) is 33.4 Å². The van der Waals surface area contributed by atoms with E-state index in [9.17, 15) is 14.4 Å². The van der Waals surface area contributed by atoms with Gasteiger partial charge in [-0.2, -0.15) is 0 Å². The standard InChI is InChI=1S/C25H29N3O3/c1-3-28-22-11-10-20(16-21(22)26-23(29)25(28)31)24(30)27-14-12-19(13-15-27)9-8-18-6-4-17(2)5-7-18/h4-7,10-11,16,19H,3,8-9,12-15H2,1-2H3,(H,26,29). The highest BCUT2D eigenvalue weighted by Crippen LogP contribution is 2.24. The predicted molar refractivity (Wildman–Crippen MR) is 123 cm³/mol. The van der Waals surface area contributed by atoms with E-state index < -0.39 is 11.1 Å². The molecule has 3 aromatic rings. The van der Waals surface area contributed by atoms with Crippen molar-refractivity contribution in [1.82, 2.24) is 14.5 Å². The third-order valence-electron chi connectivity index (χ3n) is 6.40. The Labute approximate surface area is 181 Å². The van der Waals surface area contributed by atoms with Crippen molar-refractivity contribution in [3.05, 3.63) is 79.9 Å². The van der Waals surface area contributed by atoms with Crippen LogP contribution in [0.2, 0.25) is 0 Å². The van der Waals surface area contributed by atoms with Crippen molar-refractivity contribution in [3.63, 3.8) is 0 Å². The molecule has 2 heterocycles. The number of rotatable bonds is 5. The SMILES string of the molecule is CCn1c(=O)c(=O)[nH]c2cc(C(=O)N3CCC(CCc4ccc(C)cc4)CC3)ccc21.